The van der Waals surface area contributed by atoms with Crippen molar-refractivity contribution < 1.29 is 31.5 Å². The molecule has 12 heteroatoms. The maximum atomic E-state index is 14.8. The topological polar surface area (TPSA) is 91.0 Å². The first-order valence-electron chi connectivity index (χ1n) is 12.0. The molecular weight excluding hydrogens is 509 g/mol. The molecule has 2 aromatic carbocycles. The largest absolute Gasteiger partial charge is 0.437 e. The lowest BCUT2D eigenvalue weighted by Crippen LogP contribution is -2.47. The second kappa shape index (κ2) is 10.9. The van der Waals surface area contributed by atoms with Crippen molar-refractivity contribution in [3.05, 3.63) is 82.4 Å². The quantitative estimate of drug-likeness (QED) is 0.437. The fourth-order valence-electron chi connectivity index (χ4n) is 4.59. The van der Waals surface area contributed by atoms with Gasteiger partial charge in [0.1, 0.15) is 23.7 Å². The molecule has 0 unspecified atom stereocenters. The van der Waals surface area contributed by atoms with Crippen LogP contribution >= 0.6 is 0 Å². The Hall–Kier alpha value is -3.83. The predicted molar refractivity (Wildman–Crippen MR) is 127 cm³/mol. The van der Waals surface area contributed by atoms with E-state index in [4.69, 9.17) is 0 Å². The number of aromatic amines is 1. The molecule has 1 aliphatic rings. The summed E-state index contributed by atoms with van der Waals surface area (Å²) in [5.74, 6) is -2.11. The molecule has 0 bridgehead atoms. The van der Waals surface area contributed by atoms with Crippen molar-refractivity contribution in [2.24, 2.45) is 0 Å². The summed E-state index contributed by atoms with van der Waals surface area (Å²) in [7, 11) is 0. The molecular formula is C26H26F5N5O2. The molecule has 3 aromatic rings. The maximum Gasteiger partial charge on any atom is 0.437 e. The van der Waals surface area contributed by atoms with Crippen LogP contribution in [-0.2, 0) is 22.2 Å². The van der Waals surface area contributed by atoms with Crippen molar-refractivity contribution in [2.75, 3.05) is 6.54 Å². The second-order valence-electron chi connectivity index (χ2n) is 9.48. The smallest absolute Gasteiger partial charge is 0.343 e. The first-order chi connectivity index (χ1) is 18.0. The van der Waals surface area contributed by atoms with Gasteiger partial charge in [0.15, 0.2) is 5.69 Å². The van der Waals surface area contributed by atoms with Crippen molar-refractivity contribution in [2.45, 2.75) is 57.0 Å². The number of hydrogen-bond acceptors (Lipinski definition) is 4. The summed E-state index contributed by atoms with van der Waals surface area (Å²) in [6.07, 6.45) is -7.53. The minimum absolute atomic E-state index is 0.0593. The van der Waals surface area contributed by atoms with E-state index in [9.17, 15) is 31.5 Å². The summed E-state index contributed by atoms with van der Waals surface area (Å²) in [6, 6.07) is 11.3. The lowest BCUT2D eigenvalue weighted by molar-refractivity contribution is -0.143. The van der Waals surface area contributed by atoms with Crippen molar-refractivity contribution in [3.8, 4) is 0 Å². The third kappa shape index (κ3) is 5.84. The molecule has 4 rings (SSSR count). The van der Waals surface area contributed by atoms with Crippen molar-refractivity contribution in [1.29, 1.82) is 0 Å². The van der Waals surface area contributed by atoms with Gasteiger partial charge in [0, 0.05) is 6.42 Å². The number of likely N-dealkylation sites (tertiary alicyclic amines) is 1. The Morgan fingerprint density at radius 1 is 1.11 bits per heavy atom. The van der Waals surface area contributed by atoms with Gasteiger partial charge in [-0.3, -0.25) is 9.59 Å². The Balaban J connectivity index is 1.58. The summed E-state index contributed by atoms with van der Waals surface area (Å²) in [6.45, 7) is 3.25. The number of nitrogens with zero attached hydrogens (tertiary/aromatic N) is 3. The van der Waals surface area contributed by atoms with Gasteiger partial charge in [-0.15, -0.1) is 0 Å². The van der Waals surface area contributed by atoms with Crippen molar-refractivity contribution in [3.63, 3.8) is 0 Å². The predicted octanol–water partition coefficient (Wildman–Crippen LogP) is 4.47. The number of nitrogens with one attached hydrogen (secondary N) is 2. The van der Waals surface area contributed by atoms with Crippen molar-refractivity contribution in [1.82, 2.24) is 25.6 Å². The van der Waals surface area contributed by atoms with Gasteiger partial charge in [0.25, 0.3) is 0 Å². The molecule has 0 saturated carbocycles. The number of carbonyl (C=O) groups is 2. The number of amides is 2. The van der Waals surface area contributed by atoms with Gasteiger partial charge in [-0.25, -0.2) is 8.78 Å². The third-order valence-corrected chi connectivity index (χ3v) is 6.48. The molecule has 1 aromatic heterocycles. The average Bonchev–Trinajstić information content (AvgIpc) is 3.49. The molecule has 2 heterocycles. The third-order valence-electron chi connectivity index (χ3n) is 6.48. The Bertz CT molecular complexity index is 1290. The molecule has 7 nitrogen and oxygen atoms in total. The van der Waals surface area contributed by atoms with Crippen LogP contribution in [0.5, 0.6) is 0 Å². The van der Waals surface area contributed by atoms with E-state index in [1.54, 1.807) is 42.5 Å². The first-order valence-corrected chi connectivity index (χ1v) is 12.0. The minimum atomic E-state index is -4.84. The van der Waals surface area contributed by atoms with Gasteiger partial charge in [0.2, 0.25) is 11.8 Å². The summed E-state index contributed by atoms with van der Waals surface area (Å²) in [5.41, 5.74) is -0.421. The van der Waals surface area contributed by atoms with Gasteiger partial charge >= 0.3 is 6.18 Å². The number of hydrogen-bond donors (Lipinski definition) is 2. The Morgan fingerprint density at radius 2 is 1.82 bits per heavy atom. The van der Waals surface area contributed by atoms with Gasteiger partial charge in [-0.2, -0.15) is 28.6 Å². The lowest BCUT2D eigenvalue weighted by Gasteiger charge is -2.27. The molecule has 0 aliphatic carbocycles. The fraction of sp³-hybridized carbons (Fsp3) is 0.385. The van der Waals surface area contributed by atoms with Gasteiger partial charge in [0.05, 0.1) is 19.0 Å². The second-order valence-corrected chi connectivity index (χ2v) is 9.48. The molecule has 2 amide bonds. The first kappa shape index (κ1) is 27.2. The number of H-pyrrole nitrogens is 1. The molecule has 1 saturated heterocycles. The highest BCUT2D eigenvalue weighted by atomic mass is 19.4. The molecule has 3 atom stereocenters. The SMILES string of the molecule is CC(C)c1ccc([C@@H](NC(=O)[C@@H]2C[C@@H](F)CN2C(=O)Cc2n[nH]nc2C(F)(F)F)c2ccccc2)cc1F. The van der Waals surface area contributed by atoms with Gasteiger partial charge in [-0.05, 0) is 28.7 Å². The number of benzene rings is 2. The molecule has 1 aliphatic heterocycles. The number of rotatable bonds is 7. The molecule has 202 valence electrons. The highest BCUT2D eigenvalue weighted by Crippen LogP contribution is 2.31. The van der Waals surface area contributed by atoms with E-state index in [0.29, 0.717) is 16.7 Å². The van der Waals surface area contributed by atoms with Crippen LogP contribution in [0.25, 0.3) is 0 Å². The van der Waals surface area contributed by atoms with E-state index in [2.05, 4.69) is 15.5 Å². The number of halogens is 5. The van der Waals surface area contributed by atoms with E-state index >= 15 is 0 Å². The van der Waals surface area contributed by atoms with Gasteiger partial charge < -0.3 is 10.2 Å². The van der Waals surface area contributed by atoms with E-state index in [-0.39, 0.29) is 12.3 Å². The summed E-state index contributed by atoms with van der Waals surface area (Å²) in [4.78, 5) is 27.2. The Kier molecular flexibility index (Phi) is 7.79. The number of alkyl halides is 4. The average molecular weight is 536 g/mol. The van der Waals surface area contributed by atoms with E-state index in [0.717, 1.165) is 4.90 Å². The van der Waals surface area contributed by atoms with Gasteiger partial charge in [-0.1, -0.05) is 56.3 Å². The summed E-state index contributed by atoms with van der Waals surface area (Å²) < 4.78 is 68.7. The highest BCUT2D eigenvalue weighted by molar-refractivity contribution is 5.89. The zero-order valence-electron chi connectivity index (χ0n) is 20.6. The normalized spacial score (nSPS) is 18.6. The van der Waals surface area contributed by atoms with Crippen LogP contribution < -0.4 is 5.32 Å². The standard InChI is InChI=1S/C26H26F5N5O2/c1-14(2)18-9-8-16(10-19(18)28)23(15-6-4-3-5-7-15)32-25(38)21-11-17(27)13-36(21)22(37)12-20-24(26(29,30)31)34-35-33-20/h3-10,14,17,21,23H,11-13H2,1-2H3,(H,32,38)(H,33,34,35)/t17-,21+,23+/m1/s1. The monoisotopic (exact) mass is 535 g/mol. The minimum Gasteiger partial charge on any atom is -0.343 e. The molecule has 1 fully saturated rings. The summed E-state index contributed by atoms with van der Waals surface area (Å²) in [5, 5.41) is 11.1. The lowest BCUT2D eigenvalue weighted by atomic mass is 9.94. The van der Waals surface area contributed by atoms with Crippen LogP contribution in [0, 0.1) is 5.82 Å². The van der Waals surface area contributed by atoms with E-state index in [1.807, 2.05) is 19.1 Å². The molecule has 0 radical (unpaired) electrons. The highest BCUT2D eigenvalue weighted by Gasteiger charge is 2.43. The van der Waals surface area contributed by atoms with E-state index < -0.39 is 66.4 Å². The number of aromatic nitrogens is 3. The molecule has 2 N–H and O–H groups in total. The van der Waals surface area contributed by atoms with E-state index in [1.165, 1.54) is 6.07 Å². The Morgan fingerprint density at radius 3 is 2.45 bits per heavy atom. The number of carbonyl (C=O) groups excluding carboxylic acids is 2. The zero-order chi connectivity index (χ0) is 27.6. The van der Waals surface area contributed by atoms with Crippen LogP contribution in [0.1, 0.15) is 60.3 Å². The maximum absolute atomic E-state index is 14.8. The Labute approximate surface area is 215 Å². The van der Waals surface area contributed by atoms with Crippen LogP contribution in [-0.4, -0.2) is 50.9 Å². The van der Waals surface area contributed by atoms with Crippen LogP contribution in [0.4, 0.5) is 22.0 Å². The summed E-state index contributed by atoms with van der Waals surface area (Å²) >= 11 is 0. The molecule has 0 spiro atoms. The van der Waals surface area contributed by atoms with Crippen LogP contribution in [0.2, 0.25) is 0 Å². The van der Waals surface area contributed by atoms with Crippen LogP contribution in [0.3, 0.4) is 0 Å². The molecule has 38 heavy (non-hydrogen) atoms. The van der Waals surface area contributed by atoms with Crippen molar-refractivity contribution >= 4 is 11.8 Å². The fourth-order valence-corrected chi connectivity index (χ4v) is 4.59. The zero-order valence-corrected chi connectivity index (χ0v) is 20.6. The van der Waals surface area contributed by atoms with Crippen LogP contribution in [0.15, 0.2) is 48.5 Å².